The van der Waals surface area contributed by atoms with Crippen molar-refractivity contribution in [3.8, 4) is 5.75 Å². The van der Waals surface area contributed by atoms with Crippen molar-refractivity contribution in [3.05, 3.63) is 54.0 Å². The van der Waals surface area contributed by atoms with Gasteiger partial charge in [0.2, 0.25) is 0 Å². The van der Waals surface area contributed by atoms with Gasteiger partial charge in [-0.3, -0.25) is 4.79 Å². The summed E-state index contributed by atoms with van der Waals surface area (Å²) in [4.78, 5) is 16.9. The largest absolute Gasteiger partial charge is 0.494 e. The quantitative estimate of drug-likeness (QED) is 0.780. The number of nitrogens with one attached hydrogen (secondary N) is 1. The topological polar surface area (TPSA) is 68.5 Å². The molecule has 1 amide bonds. The first kappa shape index (κ1) is 16.0. The molecular formula is C18H20N4O2. The Morgan fingerprint density at radius 3 is 2.67 bits per heavy atom. The zero-order valence-corrected chi connectivity index (χ0v) is 14.0. The van der Waals surface area contributed by atoms with Gasteiger partial charge in [0.1, 0.15) is 11.4 Å². The minimum Gasteiger partial charge on any atom is -0.494 e. The Hall–Kier alpha value is -2.89. The van der Waals surface area contributed by atoms with Gasteiger partial charge in [-0.25, -0.2) is 9.50 Å². The van der Waals surface area contributed by atoms with Gasteiger partial charge in [-0.2, -0.15) is 5.10 Å². The SMILES string of the molecule is CCOc1ccc(NC(=O)c2cc(C(C)C)n3nccc3n2)cc1. The molecule has 6 heteroatoms. The van der Waals surface area contributed by atoms with Gasteiger partial charge >= 0.3 is 0 Å². The number of rotatable bonds is 5. The highest BCUT2D eigenvalue weighted by molar-refractivity contribution is 6.03. The van der Waals surface area contributed by atoms with Crippen LogP contribution < -0.4 is 10.1 Å². The second-order valence-electron chi connectivity index (χ2n) is 5.73. The molecule has 6 nitrogen and oxygen atoms in total. The molecule has 124 valence electrons. The third kappa shape index (κ3) is 3.22. The van der Waals surface area contributed by atoms with Crippen LogP contribution in [0.25, 0.3) is 5.65 Å². The number of aromatic nitrogens is 3. The highest BCUT2D eigenvalue weighted by Crippen LogP contribution is 2.19. The molecule has 0 fully saturated rings. The third-order valence-corrected chi connectivity index (χ3v) is 3.63. The number of benzene rings is 1. The summed E-state index contributed by atoms with van der Waals surface area (Å²) in [6.07, 6.45) is 1.68. The van der Waals surface area contributed by atoms with E-state index >= 15 is 0 Å². The van der Waals surface area contributed by atoms with Crippen molar-refractivity contribution in [2.24, 2.45) is 0 Å². The summed E-state index contributed by atoms with van der Waals surface area (Å²) in [5.74, 6) is 0.758. The average molecular weight is 324 g/mol. The highest BCUT2D eigenvalue weighted by Gasteiger charge is 2.14. The van der Waals surface area contributed by atoms with E-state index in [4.69, 9.17) is 4.74 Å². The van der Waals surface area contributed by atoms with Gasteiger partial charge in [0.05, 0.1) is 12.8 Å². The fraction of sp³-hybridized carbons (Fsp3) is 0.278. The minimum absolute atomic E-state index is 0.229. The van der Waals surface area contributed by atoms with Crippen molar-refractivity contribution >= 4 is 17.2 Å². The van der Waals surface area contributed by atoms with Crippen LogP contribution in [-0.2, 0) is 0 Å². The van der Waals surface area contributed by atoms with Crippen LogP contribution in [0.5, 0.6) is 5.75 Å². The molecule has 0 bridgehead atoms. The molecule has 1 aromatic carbocycles. The van der Waals surface area contributed by atoms with Crippen molar-refractivity contribution < 1.29 is 9.53 Å². The lowest BCUT2D eigenvalue weighted by molar-refractivity contribution is 0.102. The maximum Gasteiger partial charge on any atom is 0.274 e. The minimum atomic E-state index is -0.246. The Morgan fingerprint density at radius 1 is 1.25 bits per heavy atom. The van der Waals surface area contributed by atoms with Gasteiger partial charge in [0, 0.05) is 17.4 Å². The Morgan fingerprint density at radius 2 is 2.00 bits per heavy atom. The molecule has 2 aromatic heterocycles. The van der Waals surface area contributed by atoms with Crippen molar-refractivity contribution in [2.45, 2.75) is 26.7 Å². The van der Waals surface area contributed by atoms with Crippen molar-refractivity contribution in [3.63, 3.8) is 0 Å². The van der Waals surface area contributed by atoms with Crippen LogP contribution in [0, 0.1) is 0 Å². The highest BCUT2D eigenvalue weighted by atomic mass is 16.5. The van der Waals surface area contributed by atoms with Crippen LogP contribution in [0.2, 0.25) is 0 Å². The summed E-state index contributed by atoms with van der Waals surface area (Å²) in [6, 6.07) is 10.8. The van der Waals surface area contributed by atoms with Crippen LogP contribution in [0.1, 0.15) is 42.9 Å². The van der Waals surface area contributed by atoms with Crippen LogP contribution in [-0.4, -0.2) is 27.1 Å². The van der Waals surface area contributed by atoms with E-state index in [0.717, 1.165) is 11.4 Å². The lowest BCUT2D eigenvalue weighted by Crippen LogP contribution is -2.16. The summed E-state index contributed by atoms with van der Waals surface area (Å²) in [5, 5.41) is 7.12. The van der Waals surface area contributed by atoms with E-state index in [1.807, 2.05) is 31.2 Å². The van der Waals surface area contributed by atoms with Gasteiger partial charge in [0.25, 0.3) is 5.91 Å². The van der Waals surface area contributed by atoms with Crippen LogP contribution >= 0.6 is 0 Å². The summed E-state index contributed by atoms with van der Waals surface area (Å²) >= 11 is 0. The summed E-state index contributed by atoms with van der Waals surface area (Å²) in [7, 11) is 0. The zero-order chi connectivity index (χ0) is 17.1. The van der Waals surface area contributed by atoms with E-state index < -0.39 is 0 Å². The molecular weight excluding hydrogens is 304 g/mol. The fourth-order valence-corrected chi connectivity index (χ4v) is 2.46. The number of carbonyl (C=O) groups is 1. The molecule has 2 heterocycles. The standard InChI is InChI=1S/C18H20N4O2/c1-4-24-14-7-5-13(6-8-14)20-18(23)15-11-16(12(2)3)22-17(21-15)9-10-19-22/h5-12H,4H2,1-3H3,(H,20,23). The van der Waals surface area contributed by atoms with Crippen molar-refractivity contribution in [1.82, 2.24) is 14.6 Å². The van der Waals surface area contributed by atoms with Crippen molar-refractivity contribution in [2.75, 3.05) is 11.9 Å². The van der Waals surface area contributed by atoms with Crippen LogP contribution in [0.4, 0.5) is 5.69 Å². The zero-order valence-electron chi connectivity index (χ0n) is 14.0. The first-order chi connectivity index (χ1) is 11.6. The van der Waals surface area contributed by atoms with E-state index in [2.05, 4.69) is 29.2 Å². The van der Waals surface area contributed by atoms with Crippen molar-refractivity contribution in [1.29, 1.82) is 0 Å². The first-order valence-electron chi connectivity index (χ1n) is 7.97. The Bertz CT molecular complexity index is 853. The van der Waals surface area contributed by atoms with E-state index in [-0.39, 0.29) is 11.8 Å². The van der Waals surface area contributed by atoms with Gasteiger partial charge in [0.15, 0.2) is 5.65 Å². The average Bonchev–Trinajstić information content (AvgIpc) is 3.04. The maximum absolute atomic E-state index is 12.5. The predicted molar refractivity (Wildman–Crippen MR) is 92.6 cm³/mol. The number of carbonyl (C=O) groups excluding carboxylic acids is 1. The molecule has 0 aliphatic carbocycles. The molecule has 24 heavy (non-hydrogen) atoms. The lowest BCUT2D eigenvalue weighted by Gasteiger charge is -2.11. The number of nitrogens with zero attached hydrogens (tertiary/aromatic N) is 3. The van der Waals surface area contributed by atoms with E-state index in [1.165, 1.54) is 0 Å². The molecule has 0 saturated carbocycles. The first-order valence-corrected chi connectivity index (χ1v) is 7.97. The molecule has 3 rings (SSSR count). The molecule has 1 N–H and O–H groups in total. The summed E-state index contributed by atoms with van der Waals surface area (Å²) in [5.41, 5.74) is 2.69. The van der Waals surface area contributed by atoms with Crippen LogP contribution in [0.3, 0.4) is 0 Å². The molecule has 0 aliphatic rings. The van der Waals surface area contributed by atoms with Gasteiger partial charge in [-0.1, -0.05) is 13.8 Å². The predicted octanol–water partition coefficient (Wildman–Crippen LogP) is 3.50. The Labute approximate surface area is 140 Å². The molecule has 0 spiro atoms. The van der Waals surface area contributed by atoms with Crippen LogP contribution in [0.15, 0.2) is 42.6 Å². The molecule has 0 aliphatic heterocycles. The maximum atomic E-state index is 12.5. The second kappa shape index (κ2) is 6.70. The molecule has 3 aromatic rings. The smallest absolute Gasteiger partial charge is 0.274 e. The number of fused-ring (bicyclic) bond motifs is 1. The number of anilines is 1. The molecule has 0 atom stereocenters. The monoisotopic (exact) mass is 324 g/mol. The number of ether oxygens (including phenoxy) is 1. The van der Waals surface area contributed by atoms with E-state index in [0.29, 0.717) is 23.6 Å². The Balaban J connectivity index is 1.85. The molecule has 0 unspecified atom stereocenters. The second-order valence-corrected chi connectivity index (χ2v) is 5.73. The molecule has 0 saturated heterocycles. The summed E-state index contributed by atoms with van der Waals surface area (Å²) < 4.78 is 7.16. The number of hydrogen-bond donors (Lipinski definition) is 1. The van der Waals surface area contributed by atoms with Gasteiger partial charge < -0.3 is 10.1 Å². The van der Waals surface area contributed by atoms with Gasteiger partial charge in [-0.05, 0) is 43.2 Å². The number of hydrogen-bond acceptors (Lipinski definition) is 4. The molecule has 0 radical (unpaired) electrons. The third-order valence-electron chi connectivity index (χ3n) is 3.63. The number of amides is 1. The van der Waals surface area contributed by atoms with Gasteiger partial charge in [-0.15, -0.1) is 0 Å². The van der Waals surface area contributed by atoms with E-state index in [1.54, 1.807) is 22.8 Å². The summed E-state index contributed by atoms with van der Waals surface area (Å²) in [6.45, 7) is 6.66. The Kier molecular flexibility index (Phi) is 4.46. The fourth-order valence-electron chi connectivity index (χ4n) is 2.46. The lowest BCUT2D eigenvalue weighted by atomic mass is 10.1. The van der Waals surface area contributed by atoms with E-state index in [9.17, 15) is 4.79 Å². The normalized spacial score (nSPS) is 11.0.